The van der Waals surface area contributed by atoms with E-state index in [0.717, 1.165) is 12.0 Å². The van der Waals surface area contributed by atoms with Crippen molar-refractivity contribution < 1.29 is 9.53 Å². The Morgan fingerprint density at radius 2 is 1.94 bits per heavy atom. The van der Waals surface area contributed by atoms with E-state index >= 15 is 0 Å². The van der Waals surface area contributed by atoms with Crippen molar-refractivity contribution in [1.82, 2.24) is 0 Å². The molecule has 0 heterocycles. The average Bonchev–Trinajstić information content (AvgIpc) is 2.30. The number of carbonyl (C=O) groups is 1. The Morgan fingerprint density at radius 3 is 2.50 bits per heavy atom. The molecule has 0 bridgehead atoms. The van der Waals surface area contributed by atoms with Gasteiger partial charge in [-0.2, -0.15) is 0 Å². The highest BCUT2D eigenvalue weighted by atomic mass is 35.5. The predicted octanol–water partition coefficient (Wildman–Crippen LogP) is 2.96. The highest BCUT2D eigenvalue weighted by molar-refractivity contribution is 6.30. The largest absolute Gasteiger partial charge is 0.465 e. The van der Waals surface area contributed by atoms with Crippen molar-refractivity contribution in [2.24, 2.45) is 0 Å². The normalized spacial score (nSPS) is 12.2. The number of benzene rings is 1. The van der Waals surface area contributed by atoms with Crippen LogP contribution in [0.4, 0.5) is 0 Å². The zero-order valence-electron chi connectivity index (χ0n) is 9.70. The smallest absolute Gasteiger partial charge is 0.324 e. The van der Waals surface area contributed by atoms with Crippen molar-refractivity contribution in [2.45, 2.75) is 32.1 Å². The van der Waals surface area contributed by atoms with Gasteiger partial charge in [-0.15, -0.1) is 11.6 Å². The van der Waals surface area contributed by atoms with E-state index in [0.29, 0.717) is 13.0 Å². The second-order valence-corrected chi connectivity index (χ2v) is 4.07. The van der Waals surface area contributed by atoms with E-state index < -0.39 is 5.38 Å². The molecule has 0 aliphatic heterocycles. The second-order valence-electron chi connectivity index (χ2n) is 3.55. The number of hydrogen-bond acceptors (Lipinski definition) is 2. The standard InChI is InChI=1S/C13H17ClO2/c1-3-10-7-5-6-8-11(10)9-12(14)13(15)16-4-2/h5-8,12H,3-4,9H2,1-2H3. The van der Waals surface area contributed by atoms with Crippen LogP contribution in [0.25, 0.3) is 0 Å². The van der Waals surface area contributed by atoms with Crippen LogP contribution in [0, 0.1) is 0 Å². The minimum absolute atomic E-state index is 0.338. The van der Waals surface area contributed by atoms with Crippen molar-refractivity contribution in [1.29, 1.82) is 0 Å². The van der Waals surface area contributed by atoms with Crippen LogP contribution in [0.2, 0.25) is 0 Å². The first-order chi connectivity index (χ1) is 7.69. The quantitative estimate of drug-likeness (QED) is 0.584. The van der Waals surface area contributed by atoms with Gasteiger partial charge in [-0.25, -0.2) is 0 Å². The molecule has 0 aliphatic rings. The molecule has 0 spiro atoms. The average molecular weight is 241 g/mol. The molecule has 2 nitrogen and oxygen atoms in total. The van der Waals surface area contributed by atoms with Crippen molar-refractivity contribution in [3.63, 3.8) is 0 Å². The van der Waals surface area contributed by atoms with E-state index in [2.05, 4.69) is 13.0 Å². The Bertz CT molecular complexity index is 350. The van der Waals surface area contributed by atoms with Gasteiger partial charge in [0.25, 0.3) is 0 Å². The van der Waals surface area contributed by atoms with Crippen LogP contribution in [0.1, 0.15) is 25.0 Å². The zero-order chi connectivity index (χ0) is 12.0. The fourth-order valence-electron chi connectivity index (χ4n) is 1.61. The fraction of sp³-hybridized carbons (Fsp3) is 0.462. The Balaban J connectivity index is 2.68. The lowest BCUT2D eigenvalue weighted by Gasteiger charge is -2.11. The van der Waals surface area contributed by atoms with Gasteiger partial charge in [0.15, 0.2) is 0 Å². The lowest BCUT2D eigenvalue weighted by molar-refractivity contribution is -0.142. The molecule has 1 aromatic rings. The highest BCUT2D eigenvalue weighted by Gasteiger charge is 2.17. The Kier molecular flexibility index (Phi) is 5.33. The second kappa shape index (κ2) is 6.54. The number of rotatable bonds is 5. The topological polar surface area (TPSA) is 26.3 Å². The van der Waals surface area contributed by atoms with E-state index in [1.54, 1.807) is 6.92 Å². The molecule has 0 aliphatic carbocycles. The molecule has 1 rings (SSSR count). The SMILES string of the molecule is CCOC(=O)C(Cl)Cc1ccccc1CC. The van der Waals surface area contributed by atoms with Gasteiger partial charge in [-0.1, -0.05) is 31.2 Å². The van der Waals surface area contributed by atoms with Crippen molar-refractivity contribution >= 4 is 17.6 Å². The third-order valence-electron chi connectivity index (χ3n) is 2.44. The summed E-state index contributed by atoms with van der Waals surface area (Å²) in [6.45, 7) is 4.24. The molecule has 0 fully saturated rings. The maximum absolute atomic E-state index is 11.4. The monoisotopic (exact) mass is 240 g/mol. The van der Waals surface area contributed by atoms with E-state index in [1.165, 1.54) is 5.56 Å². The predicted molar refractivity (Wildman–Crippen MR) is 65.8 cm³/mol. The number of carbonyl (C=O) groups excluding carboxylic acids is 1. The third kappa shape index (κ3) is 3.53. The summed E-state index contributed by atoms with van der Waals surface area (Å²) in [5.41, 5.74) is 2.36. The Hall–Kier alpha value is -1.02. The summed E-state index contributed by atoms with van der Waals surface area (Å²) in [7, 11) is 0. The van der Waals surface area contributed by atoms with Gasteiger partial charge in [-0.05, 0) is 30.9 Å². The molecule has 88 valence electrons. The summed E-state index contributed by atoms with van der Waals surface area (Å²) in [4.78, 5) is 11.4. The molecule has 0 saturated heterocycles. The summed E-state index contributed by atoms with van der Waals surface area (Å²) >= 11 is 6.00. The fourth-order valence-corrected chi connectivity index (χ4v) is 1.84. The molecule has 0 N–H and O–H groups in total. The van der Waals surface area contributed by atoms with E-state index in [4.69, 9.17) is 16.3 Å². The number of esters is 1. The molecule has 1 unspecified atom stereocenters. The molecule has 1 aromatic carbocycles. The van der Waals surface area contributed by atoms with Gasteiger partial charge in [0.05, 0.1) is 6.61 Å². The minimum Gasteiger partial charge on any atom is -0.465 e. The first-order valence-electron chi connectivity index (χ1n) is 5.56. The molecule has 0 amide bonds. The van der Waals surface area contributed by atoms with Crippen molar-refractivity contribution in [2.75, 3.05) is 6.61 Å². The third-order valence-corrected chi connectivity index (χ3v) is 2.77. The molecule has 0 radical (unpaired) electrons. The first kappa shape index (κ1) is 13.0. The number of halogens is 1. The number of ether oxygens (including phenoxy) is 1. The van der Waals surface area contributed by atoms with Crippen LogP contribution in [0.15, 0.2) is 24.3 Å². The molecule has 0 saturated carbocycles. The van der Waals surface area contributed by atoms with E-state index in [9.17, 15) is 4.79 Å². The van der Waals surface area contributed by atoms with Gasteiger partial charge >= 0.3 is 5.97 Å². The summed E-state index contributed by atoms with van der Waals surface area (Å²) in [6, 6.07) is 8.02. The Labute approximate surface area is 102 Å². The van der Waals surface area contributed by atoms with E-state index in [-0.39, 0.29) is 5.97 Å². The summed E-state index contributed by atoms with van der Waals surface area (Å²) in [6.07, 6.45) is 1.48. The molecule has 3 heteroatoms. The van der Waals surface area contributed by atoms with Crippen LogP contribution in [-0.2, 0) is 22.4 Å². The number of aryl methyl sites for hydroxylation is 1. The maximum Gasteiger partial charge on any atom is 0.324 e. The summed E-state index contributed by atoms with van der Waals surface area (Å²) in [5, 5.41) is -0.590. The number of alkyl halides is 1. The van der Waals surface area contributed by atoms with Gasteiger partial charge in [0, 0.05) is 0 Å². The maximum atomic E-state index is 11.4. The van der Waals surface area contributed by atoms with Crippen LogP contribution in [0.5, 0.6) is 0 Å². The van der Waals surface area contributed by atoms with Crippen LogP contribution >= 0.6 is 11.6 Å². The van der Waals surface area contributed by atoms with Crippen molar-refractivity contribution in [3.05, 3.63) is 35.4 Å². The molecule has 1 atom stereocenters. The van der Waals surface area contributed by atoms with Gasteiger partial charge in [0.2, 0.25) is 0 Å². The zero-order valence-corrected chi connectivity index (χ0v) is 10.5. The highest BCUT2D eigenvalue weighted by Crippen LogP contribution is 2.15. The van der Waals surface area contributed by atoms with Crippen LogP contribution in [0.3, 0.4) is 0 Å². The molecular weight excluding hydrogens is 224 g/mol. The lowest BCUT2D eigenvalue weighted by atomic mass is 10.0. The summed E-state index contributed by atoms with van der Waals surface area (Å²) < 4.78 is 4.88. The molecule has 0 aromatic heterocycles. The van der Waals surface area contributed by atoms with Gasteiger partial charge < -0.3 is 4.74 Å². The van der Waals surface area contributed by atoms with E-state index in [1.807, 2.05) is 18.2 Å². The van der Waals surface area contributed by atoms with Gasteiger partial charge in [-0.3, -0.25) is 4.79 Å². The molecular formula is C13H17ClO2. The molecule has 16 heavy (non-hydrogen) atoms. The lowest BCUT2D eigenvalue weighted by Crippen LogP contribution is -2.20. The summed E-state index contributed by atoms with van der Waals surface area (Å²) in [5.74, 6) is -0.338. The first-order valence-corrected chi connectivity index (χ1v) is 6.00. The van der Waals surface area contributed by atoms with Gasteiger partial charge in [0.1, 0.15) is 5.38 Å². The number of hydrogen-bond donors (Lipinski definition) is 0. The van der Waals surface area contributed by atoms with Crippen LogP contribution in [-0.4, -0.2) is 18.0 Å². The minimum atomic E-state index is -0.590. The van der Waals surface area contributed by atoms with Crippen molar-refractivity contribution in [3.8, 4) is 0 Å². The van der Waals surface area contributed by atoms with Crippen LogP contribution < -0.4 is 0 Å². The Morgan fingerprint density at radius 1 is 1.31 bits per heavy atom.